The molecule has 212 valence electrons. The van der Waals surface area contributed by atoms with Crippen molar-refractivity contribution in [1.82, 2.24) is 5.32 Å². The molecule has 0 fully saturated rings. The monoisotopic (exact) mass is 567 g/mol. The number of fused-ring (bicyclic) bond motifs is 1. The summed E-state index contributed by atoms with van der Waals surface area (Å²) in [5, 5.41) is 26.5. The van der Waals surface area contributed by atoms with Gasteiger partial charge in [-0.3, -0.25) is 14.3 Å². The first-order valence-electron chi connectivity index (χ1n) is 12.9. The number of nitrogens with one attached hydrogen (secondary N) is 3. The van der Waals surface area contributed by atoms with Crippen LogP contribution in [0.4, 0.5) is 11.4 Å². The molecule has 1 unspecified atom stereocenters. The highest BCUT2D eigenvalue weighted by atomic mass is 32.2. The van der Waals surface area contributed by atoms with E-state index in [1.165, 1.54) is 18.2 Å². The van der Waals surface area contributed by atoms with Gasteiger partial charge in [0, 0.05) is 18.8 Å². The lowest BCUT2D eigenvalue weighted by atomic mass is 9.89. The highest BCUT2D eigenvalue weighted by Gasteiger charge is 2.29. The van der Waals surface area contributed by atoms with Crippen LogP contribution in [0, 0.1) is 5.92 Å². The van der Waals surface area contributed by atoms with Crippen molar-refractivity contribution in [3.05, 3.63) is 77.4 Å². The van der Waals surface area contributed by atoms with Crippen molar-refractivity contribution in [2.24, 2.45) is 5.92 Å². The summed E-state index contributed by atoms with van der Waals surface area (Å²) in [5.41, 5.74) is 5.18. The first-order valence-corrected chi connectivity index (χ1v) is 14.8. The summed E-state index contributed by atoms with van der Waals surface area (Å²) < 4.78 is 30.2. The minimum atomic E-state index is -3.58. The predicted molar refractivity (Wildman–Crippen MR) is 152 cm³/mol. The number of benzene rings is 3. The molecule has 1 aliphatic rings. The Morgan fingerprint density at radius 2 is 1.82 bits per heavy atom. The smallest absolute Gasteiger partial charge is 0.306 e. The molecule has 1 aliphatic heterocycles. The van der Waals surface area contributed by atoms with Gasteiger partial charge in [0.1, 0.15) is 5.75 Å². The number of ether oxygens (including phenoxy) is 1. The number of aliphatic hydroxyl groups is 1. The number of amides is 1. The molecule has 5 N–H and O–H groups in total. The molecular weight excluding hydrogens is 534 g/mol. The first kappa shape index (κ1) is 29.1. The van der Waals surface area contributed by atoms with Crippen LogP contribution in [-0.2, 0) is 37.3 Å². The third-order valence-corrected chi connectivity index (χ3v) is 7.16. The Hall–Kier alpha value is -3.93. The number of phenolic OH excluding ortho intramolecular Hbond substituents is 1. The number of aliphatic hydroxyl groups excluding tert-OH is 1. The minimum Gasteiger partial charge on any atom is -0.506 e. The first-order chi connectivity index (χ1) is 19.0. The van der Waals surface area contributed by atoms with Gasteiger partial charge in [-0.1, -0.05) is 36.4 Å². The zero-order valence-electron chi connectivity index (χ0n) is 22.3. The topological polar surface area (TPSA) is 154 Å². The highest BCUT2D eigenvalue weighted by Crippen LogP contribution is 2.32. The van der Waals surface area contributed by atoms with Gasteiger partial charge < -0.3 is 25.6 Å². The normalized spacial score (nSPS) is 15.6. The molecule has 2 atom stereocenters. The van der Waals surface area contributed by atoms with Crippen LogP contribution in [0.25, 0.3) is 11.1 Å². The molecule has 0 saturated heterocycles. The van der Waals surface area contributed by atoms with Gasteiger partial charge in [0.25, 0.3) is 0 Å². The molecule has 3 aromatic carbocycles. The Labute approximate surface area is 233 Å². The number of hydrogen-bond donors (Lipinski definition) is 5. The SMILES string of the molecule is CCOC(=O)CC1Cc2cc(-c3ccc(CNC[C@H](O)c4ccc(O)c(NS(C)(=O)=O)c4)cc3)ccc2NC1=O. The van der Waals surface area contributed by atoms with Crippen LogP contribution >= 0.6 is 0 Å². The Bertz CT molecular complexity index is 1490. The van der Waals surface area contributed by atoms with Crippen molar-refractivity contribution < 1.29 is 33.0 Å². The Balaban J connectivity index is 1.35. The zero-order valence-corrected chi connectivity index (χ0v) is 23.1. The maximum Gasteiger partial charge on any atom is 0.306 e. The van der Waals surface area contributed by atoms with Crippen molar-refractivity contribution >= 4 is 33.3 Å². The van der Waals surface area contributed by atoms with Crippen molar-refractivity contribution in [1.29, 1.82) is 0 Å². The van der Waals surface area contributed by atoms with Crippen LogP contribution in [0.2, 0.25) is 0 Å². The molecule has 0 bridgehead atoms. The summed E-state index contributed by atoms with van der Waals surface area (Å²) in [6, 6.07) is 18.1. The summed E-state index contributed by atoms with van der Waals surface area (Å²) in [6.07, 6.45) is 0.580. The van der Waals surface area contributed by atoms with E-state index in [2.05, 4.69) is 15.4 Å². The second-order valence-electron chi connectivity index (χ2n) is 9.77. The Morgan fingerprint density at radius 1 is 1.10 bits per heavy atom. The summed E-state index contributed by atoms with van der Waals surface area (Å²) in [4.78, 5) is 24.3. The zero-order chi connectivity index (χ0) is 28.9. The summed E-state index contributed by atoms with van der Waals surface area (Å²) >= 11 is 0. The maximum atomic E-state index is 12.4. The van der Waals surface area contributed by atoms with E-state index in [4.69, 9.17) is 4.74 Å². The number of carbonyl (C=O) groups excluding carboxylic acids is 2. The second-order valence-corrected chi connectivity index (χ2v) is 11.5. The number of phenols is 1. The van der Waals surface area contributed by atoms with Gasteiger partial charge in [-0.15, -0.1) is 0 Å². The van der Waals surface area contributed by atoms with Crippen molar-refractivity contribution in [3.8, 4) is 16.9 Å². The van der Waals surface area contributed by atoms with E-state index in [0.29, 0.717) is 18.5 Å². The fraction of sp³-hybridized carbons (Fsp3) is 0.310. The minimum absolute atomic E-state index is 0.00807. The number of anilines is 2. The van der Waals surface area contributed by atoms with Gasteiger partial charge in [-0.25, -0.2) is 8.42 Å². The molecule has 1 heterocycles. The van der Waals surface area contributed by atoms with Gasteiger partial charge in [0.2, 0.25) is 15.9 Å². The van der Waals surface area contributed by atoms with E-state index in [1.54, 1.807) is 6.92 Å². The number of aromatic hydroxyl groups is 1. The molecule has 1 amide bonds. The third-order valence-electron chi connectivity index (χ3n) is 6.57. The molecule has 0 spiro atoms. The predicted octanol–water partition coefficient (Wildman–Crippen LogP) is 3.32. The van der Waals surface area contributed by atoms with Gasteiger partial charge >= 0.3 is 5.97 Å². The molecule has 40 heavy (non-hydrogen) atoms. The van der Waals surface area contributed by atoms with Crippen LogP contribution in [0.15, 0.2) is 60.7 Å². The third kappa shape index (κ3) is 7.59. The molecule has 3 aromatic rings. The number of sulfonamides is 1. The van der Waals surface area contributed by atoms with Crippen molar-refractivity contribution in [2.45, 2.75) is 32.4 Å². The van der Waals surface area contributed by atoms with E-state index < -0.39 is 22.0 Å². The molecule has 0 radical (unpaired) electrons. The largest absolute Gasteiger partial charge is 0.506 e. The summed E-state index contributed by atoms with van der Waals surface area (Å²) in [7, 11) is -3.58. The van der Waals surface area contributed by atoms with Crippen LogP contribution in [0.5, 0.6) is 5.75 Å². The molecule has 10 nitrogen and oxygen atoms in total. The van der Waals surface area contributed by atoms with Crippen molar-refractivity contribution in [3.63, 3.8) is 0 Å². The maximum absolute atomic E-state index is 12.4. The number of esters is 1. The number of hydrogen-bond acceptors (Lipinski definition) is 8. The molecule has 4 rings (SSSR count). The Kier molecular flexibility index (Phi) is 9.08. The van der Waals surface area contributed by atoms with Gasteiger partial charge in [0.15, 0.2) is 0 Å². The fourth-order valence-electron chi connectivity index (χ4n) is 4.57. The lowest BCUT2D eigenvalue weighted by Crippen LogP contribution is -2.32. The van der Waals surface area contributed by atoms with E-state index in [1.807, 2.05) is 42.5 Å². The molecule has 0 saturated carbocycles. The Morgan fingerprint density at radius 3 is 2.52 bits per heavy atom. The number of rotatable bonds is 11. The molecular formula is C29H33N3O7S. The van der Waals surface area contributed by atoms with E-state index in [-0.39, 0.29) is 42.9 Å². The van der Waals surface area contributed by atoms with Crippen LogP contribution in [0.3, 0.4) is 0 Å². The van der Waals surface area contributed by atoms with Gasteiger partial charge in [-0.2, -0.15) is 0 Å². The lowest BCUT2D eigenvalue weighted by Gasteiger charge is -2.24. The molecule has 0 aliphatic carbocycles. The molecule has 0 aromatic heterocycles. The van der Waals surface area contributed by atoms with Gasteiger partial charge in [-0.05, 0) is 65.4 Å². The summed E-state index contributed by atoms with van der Waals surface area (Å²) in [5.74, 6) is -1.24. The number of carbonyl (C=O) groups is 2. The lowest BCUT2D eigenvalue weighted by molar-refractivity contribution is -0.145. The quantitative estimate of drug-likeness (QED) is 0.175. The van der Waals surface area contributed by atoms with Crippen LogP contribution < -0.4 is 15.4 Å². The van der Waals surface area contributed by atoms with Crippen LogP contribution in [0.1, 0.15) is 36.1 Å². The van der Waals surface area contributed by atoms with Crippen LogP contribution in [-0.4, -0.2) is 49.9 Å². The van der Waals surface area contributed by atoms with E-state index in [9.17, 15) is 28.2 Å². The van der Waals surface area contributed by atoms with E-state index >= 15 is 0 Å². The average Bonchev–Trinajstić information content (AvgIpc) is 2.90. The van der Waals surface area contributed by atoms with Crippen molar-refractivity contribution in [2.75, 3.05) is 29.4 Å². The summed E-state index contributed by atoms with van der Waals surface area (Å²) in [6.45, 7) is 2.73. The fourth-order valence-corrected chi connectivity index (χ4v) is 5.13. The highest BCUT2D eigenvalue weighted by molar-refractivity contribution is 7.92. The average molecular weight is 568 g/mol. The standard InChI is InChI=1S/C29H33N3O7S/c1-3-39-28(35)15-23-13-22-12-20(8-10-24(22)31-29(23)36)19-6-4-18(5-7-19)16-30-17-27(34)21-9-11-26(33)25(14-21)32-40(2,37)38/h4-12,14,23,27,30,32-34H,3,13,15-17H2,1-2H3,(H,31,36)/t23?,27-/m0/s1. The van der Waals surface area contributed by atoms with Gasteiger partial charge in [0.05, 0.1) is 37.0 Å². The molecule has 11 heteroatoms. The second kappa shape index (κ2) is 12.5. The van der Waals surface area contributed by atoms with E-state index in [0.717, 1.165) is 34.2 Å².